The summed E-state index contributed by atoms with van der Waals surface area (Å²) in [4.78, 5) is 8.55. The molecule has 0 atom stereocenters. The molecule has 3 N–H and O–H groups in total. The number of rotatable bonds is 12. The van der Waals surface area contributed by atoms with Crippen molar-refractivity contribution in [3.8, 4) is 5.75 Å². The Balaban J connectivity index is 1.69. The molecule has 158 valence electrons. The third-order valence-electron chi connectivity index (χ3n) is 4.30. The number of benzene rings is 1. The number of aliphatic imine (C=N–C) groups is 1. The summed E-state index contributed by atoms with van der Waals surface area (Å²) in [6.07, 6.45) is 3.88. The summed E-state index contributed by atoms with van der Waals surface area (Å²) in [7, 11) is 3.45. The first-order valence-corrected chi connectivity index (χ1v) is 10.0. The largest absolute Gasteiger partial charge is 0.491 e. The molecule has 29 heavy (non-hydrogen) atoms. The van der Waals surface area contributed by atoms with Crippen LogP contribution < -0.4 is 20.7 Å². The molecule has 0 saturated heterocycles. The molecule has 2 rings (SSSR count). The lowest BCUT2D eigenvalue weighted by Crippen LogP contribution is -2.37. The minimum Gasteiger partial charge on any atom is -0.491 e. The standard InChI is InChI=1S/C22H33N5O2/c1-18-9-10-19(20(16-18)29-15-14-28-3)17-27-22(23-2)26-13-7-6-12-25-21-8-4-5-11-24-21/h4-5,8-11,16H,6-7,12-15,17H2,1-3H3,(H,24,25)(H2,23,26,27). The molecule has 1 aromatic carbocycles. The Morgan fingerprint density at radius 1 is 1.07 bits per heavy atom. The smallest absolute Gasteiger partial charge is 0.191 e. The molecule has 0 unspecified atom stereocenters. The molecule has 1 heterocycles. The van der Waals surface area contributed by atoms with Crippen LogP contribution in [0.1, 0.15) is 24.0 Å². The van der Waals surface area contributed by atoms with E-state index in [9.17, 15) is 0 Å². The van der Waals surface area contributed by atoms with Crippen molar-refractivity contribution in [3.05, 3.63) is 53.7 Å². The quantitative estimate of drug-likeness (QED) is 0.289. The Morgan fingerprint density at radius 3 is 2.69 bits per heavy atom. The molecule has 2 aromatic rings. The Bertz CT molecular complexity index is 737. The van der Waals surface area contributed by atoms with Crippen LogP contribution in [0.25, 0.3) is 0 Å². The Hall–Kier alpha value is -2.80. The lowest BCUT2D eigenvalue weighted by atomic mass is 10.1. The van der Waals surface area contributed by atoms with Gasteiger partial charge in [0.15, 0.2) is 5.96 Å². The van der Waals surface area contributed by atoms with E-state index in [0.717, 1.165) is 49.0 Å². The summed E-state index contributed by atoms with van der Waals surface area (Å²) in [5.74, 6) is 2.58. The van der Waals surface area contributed by atoms with E-state index in [1.165, 1.54) is 5.56 Å². The Morgan fingerprint density at radius 2 is 1.93 bits per heavy atom. The predicted octanol–water partition coefficient (Wildman–Crippen LogP) is 2.97. The van der Waals surface area contributed by atoms with Gasteiger partial charge in [0, 0.05) is 45.6 Å². The van der Waals surface area contributed by atoms with Gasteiger partial charge in [0.1, 0.15) is 18.2 Å². The normalized spacial score (nSPS) is 11.2. The van der Waals surface area contributed by atoms with Gasteiger partial charge in [-0.05, 0) is 43.5 Å². The monoisotopic (exact) mass is 399 g/mol. The minimum atomic E-state index is 0.534. The summed E-state index contributed by atoms with van der Waals surface area (Å²) in [5, 5.41) is 10.0. The molecule has 0 saturated carbocycles. The molecule has 0 radical (unpaired) electrons. The van der Waals surface area contributed by atoms with Gasteiger partial charge in [0.25, 0.3) is 0 Å². The van der Waals surface area contributed by atoms with Gasteiger partial charge in [-0.15, -0.1) is 0 Å². The summed E-state index contributed by atoms with van der Waals surface area (Å²) < 4.78 is 10.9. The van der Waals surface area contributed by atoms with E-state index in [-0.39, 0.29) is 0 Å². The van der Waals surface area contributed by atoms with Crippen molar-refractivity contribution < 1.29 is 9.47 Å². The molecular formula is C22H33N5O2. The highest BCUT2D eigenvalue weighted by atomic mass is 16.5. The van der Waals surface area contributed by atoms with E-state index >= 15 is 0 Å². The zero-order valence-corrected chi connectivity index (χ0v) is 17.7. The maximum absolute atomic E-state index is 5.85. The fraction of sp³-hybridized carbons (Fsp3) is 0.455. The van der Waals surface area contributed by atoms with Crippen LogP contribution in [0, 0.1) is 6.92 Å². The highest BCUT2D eigenvalue weighted by molar-refractivity contribution is 5.79. The van der Waals surface area contributed by atoms with Crippen LogP contribution in [-0.4, -0.2) is 51.4 Å². The highest BCUT2D eigenvalue weighted by Gasteiger charge is 2.06. The molecule has 0 aliphatic rings. The summed E-state index contributed by atoms with van der Waals surface area (Å²) >= 11 is 0. The van der Waals surface area contributed by atoms with Gasteiger partial charge in [0.2, 0.25) is 0 Å². The van der Waals surface area contributed by atoms with Crippen LogP contribution in [-0.2, 0) is 11.3 Å². The fourth-order valence-corrected chi connectivity index (χ4v) is 2.72. The summed E-state index contributed by atoms with van der Waals surface area (Å²) in [6.45, 7) is 5.56. The zero-order valence-electron chi connectivity index (χ0n) is 17.7. The molecular weight excluding hydrogens is 366 g/mol. The van der Waals surface area contributed by atoms with Gasteiger partial charge in [-0.25, -0.2) is 4.98 Å². The number of pyridine rings is 1. The minimum absolute atomic E-state index is 0.534. The molecule has 0 bridgehead atoms. The number of aromatic nitrogens is 1. The lowest BCUT2D eigenvalue weighted by molar-refractivity contribution is 0.145. The van der Waals surface area contributed by atoms with Gasteiger partial charge >= 0.3 is 0 Å². The highest BCUT2D eigenvalue weighted by Crippen LogP contribution is 2.20. The van der Waals surface area contributed by atoms with Crippen molar-refractivity contribution >= 4 is 11.8 Å². The van der Waals surface area contributed by atoms with Crippen molar-refractivity contribution in [2.45, 2.75) is 26.3 Å². The van der Waals surface area contributed by atoms with Crippen LogP contribution in [0.3, 0.4) is 0 Å². The third-order valence-corrected chi connectivity index (χ3v) is 4.30. The van der Waals surface area contributed by atoms with Crippen molar-refractivity contribution in [1.82, 2.24) is 15.6 Å². The number of unbranched alkanes of at least 4 members (excludes halogenated alkanes) is 1. The summed E-state index contributed by atoms with van der Waals surface area (Å²) in [5.41, 5.74) is 2.26. The first-order valence-electron chi connectivity index (χ1n) is 10.0. The van der Waals surface area contributed by atoms with Gasteiger partial charge in [-0.2, -0.15) is 0 Å². The van der Waals surface area contributed by atoms with Crippen LogP contribution in [0.2, 0.25) is 0 Å². The van der Waals surface area contributed by atoms with E-state index in [0.29, 0.717) is 19.8 Å². The van der Waals surface area contributed by atoms with Gasteiger partial charge in [-0.3, -0.25) is 4.99 Å². The van der Waals surface area contributed by atoms with Gasteiger partial charge < -0.3 is 25.4 Å². The molecule has 0 aliphatic heterocycles. The van der Waals surface area contributed by atoms with Crippen molar-refractivity contribution in [2.75, 3.05) is 45.8 Å². The van der Waals surface area contributed by atoms with E-state index in [4.69, 9.17) is 9.47 Å². The van der Waals surface area contributed by atoms with Crippen LogP contribution in [0.5, 0.6) is 5.75 Å². The second kappa shape index (κ2) is 13.4. The first kappa shape index (κ1) is 22.5. The van der Waals surface area contributed by atoms with Crippen molar-refractivity contribution in [1.29, 1.82) is 0 Å². The number of ether oxygens (including phenoxy) is 2. The van der Waals surface area contributed by atoms with E-state index in [1.54, 1.807) is 20.4 Å². The number of nitrogens with zero attached hydrogens (tertiary/aromatic N) is 2. The number of methoxy groups -OCH3 is 1. The lowest BCUT2D eigenvalue weighted by Gasteiger charge is -2.15. The van der Waals surface area contributed by atoms with Crippen molar-refractivity contribution in [3.63, 3.8) is 0 Å². The Labute approximate surface area is 173 Å². The molecule has 0 fully saturated rings. The number of hydrogen-bond acceptors (Lipinski definition) is 5. The van der Waals surface area contributed by atoms with E-state index in [2.05, 4.69) is 51.0 Å². The van der Waals surface area contributed by atoms with Crippen LogP contribution in [0.4, 0.5) is 5.82 Å². The topological polar surface area (TPSA) is 79.8 Å². The molecule has 0 spiro atoms. The zero-order chi connectivity index (χ0) is 20.7. The summed E-state index contributed by atoms with van der Waals surface area (Å²) in [6, 6.07) is 12.1. The third kappa shape index (κ3) is 8.83. The molecule has 1 aromatic heterocycles. The van der Waals surface area contributed by atoms with Gasteiger partial charge in [0.05, 0.1) is 6.61 Å². The number of nitrogens with one attached hydrogen (secondary N) is 3. The number of guanidine groups is 1. The van der Waals surface area contributed by atoms with E-state index < -0.39 is 0 Å². The van der Waals surface area contributed by atoms with Gasteiger partial charge in [-0.1, -0.05) is 18.2 Å². The van der Waals surface area contributed by atoms with E-state index in [1.807, 2.05) is 18.2 Å². The molecule has 0 amide bonds. The number of aryl methyl sites for hydroxylation is 1. The molecule has 0 aliphatic carbocycles. The van der Waals surface area contributed by atoms with Crippen LogP contribution >= 0.6 is 0 Å². The first-order chi connectivity index (χ1) is 14.2. The second-order valence-corrected chi connectivity index (χ2v) is 6.65. The predicted molar refractivity (Wildman–Crippen MR) is 119 cm³/mol. The second-order valence-electron chi connectivity index (χ2n) is 6.65. The maximum atomic E-state index is 5.85. The van der Waals surface area contributed by atoms with Crippen molar-refractivity contribution in [2.24, 2.45) is 4.99 Å². The number of anilines is 1. The Kier molecular flexibility index (Phi) is 10.4. The SMILES string of the molecule is CN=C(NCCCCNc1ccccn1)NCc1ccc(C)cc1OCCOC. The molecule has 7 nitrogen and oxygen atoms in total. The molecule has 7 heteroatoms. The average Bonchev–Trinajstić information content (AvgIpc) is 2.74. The van der Waals surface area contributed by atoms with Crippen LogP contribution in [0.15, 0.2) is 47.6 Å². The fourth-order valence-electron chi connectivity index (χ4n) is 2.72. The average molecular weight is 400 g/mol. The number of hydrogen-bond donors (Lipinski definition) is 3. The maximum Gasteiger partial charge on any atom is 0.191 e.